The molecular weight excluding hydrogens is 281 g/mol. The van der Waals surface area contributed by atoms with Gasteiger partial charge in [0.15, 0.2) is 0 Å². The number of rotatable bonds is 7. The van der Waals surface area contributed by atoms with Crippen molar-refractivity contribution < 1.29 is 58.9 Å². The maximum atomic E-state index is 9.95. The van der Waals surface area contributed by atoms with Gasteiger partial charge in [0.25, 0.3) is 0 Å². The van der Waals surface area contributed by atoms with Crippen molar-refractivity contribution in [2.45, 2.75) is 12.8 Å². The third-order valence-corrected chi connectivity index (χ3v) is 1.75. The zero-order valence-electron chi connectivity index (χ0n) is 11.1. The Morgan fingerprint density at radius 1 is 0.941 bits per heavy atom. The zero-order valence-corrected chi connectivity index (χ0v) is 13.9. The Kier molecular flexibility index (Phi) is 45.9. The van der Waals surface area contributed by atoms with Crippen molar-refractivity contribution in [2.75, 3.05) is 13.2 Å². The quantitative estimate of drug-likeness (QED) is 0.208. The van der Waals surface area contributed by atoms with E-state index in [0.29, 0.717) is 12.8 Å². The SMILES string of the molecule is C=C.N.N.O=[P+](O)OCCCCO[P+](=O)O.[H-].[Na+]. The molecule has 0 aliphatic carbocycles. The van der Waals surface area contributed by atoms with Gasteiger partial charge in [0.2, 0.25) is 0 Å². The maximum Gasteiger partial charge on any atom is 1.00 e. The molecule has 8 nitrogen and oxygen atoms in total. The summed E-state index contributed by atoms with van der Waals surface area (Å²) in [5.74, 6) is 0. The van der Waals surface area contributed by atoms with Gasteiger partial charge >= 0.3 is 46.1 Å². The van der Waals surface area contributed by atoms with Gasteiger partial charge in [-0.25, -0.2) is 0 Å². The van der Waals surface area contributed by atoms with Gasteiger partial charge in [-0.1, -0.05) is 0 Å². The van der Waals surface area contributed by atoms with Crippen molar-refractivity contribution >= 4 is 16.5 Å². The fraction of sp³-hybridized carbons (Fsp3) is 0.667. The molecule has 0 saturated heterocycles. The van der Waals surface area contributed by atoms with Gasteiger partial charge in [0.1, 0.15) is 13.2 Å². The molecule has 0 aromatic rings. The van der Waals surface area contributed by atoms with Gasteiger partial charge in [-0.2, -0.15) is 0 Å². The minimum absolute atomic E-state index is 0. The summed E-state index contributed by atoms with van der Waals surface area (Å²) in [7, 11) is -5.06. The van der Waals surface area contributed by atoms with Crippen LogP contribution in [0.5, 0.6) is 0 Å². The van der Waals surface area contributed by atoms with E-state index in [-0.39, 0.29) is 56.5 Å². The van der Waals surface area contributed by atoms with E-state index in [2.05, 4.69) is 22.2 Å². The van der Waals surface area contributed by atoms with E-state index in [1.54, 1.807) is 0 Å². The van der Waals surface area contributed by atoms with Crippen LogP contribution in [0.15, 0.2) is 13.2 Å². The Hall–Kier alpha value is 0.700. The topological polar surface area (TPSA) is 163 Å². The summed E-state index contributed by atoms with van der Waals surface area (Å²) in [5, 5.41) is 0. The van der Waals surface area contributed by atoms with Crippen molar-refractivity contribution in [1.82, 2.24) is 12.3 Å². The molecule has 11 heteroatoms. The fourth-order valence-corrected chi connectivity index (χ4v) is 1.06. The molecular formula is C6H21N2NaO6P2+2. The van der Waals surface area contributed by atoms with Crippen LogP contribution in [0, 0.1) is 0 Å². The Bertz CT molecular complexity index is 175. The molecule has 0 aliphatic rings. The maximum absolute atomic E-state index is 9.95. The second kappa shape index (κ2) is 25.5. The molecule has 0 fully saturated rings. The summed E-state index contributed by atoms with van der Waals surface area (Å²) in [6.45, 7) is 6.30. The summed E-state index contributed by atoms with van der Waals surface area (Å²) in [5.41, 5.74) is 0. The first-order valence-electron chi connectivity index (χ1n) is 3.71. The smallest absolute Gasteiger partial charge is 1.00 e. The van der Waals surface area contributed by atoms with Crippen molar-refractivity contribution in [1.29, 1.82) is 0 Å². The van der Waals surface area contributed by atoms with Crippen LogP contribution >= 0.6 is 16.5 Å². The van der Waals surface area contributed by atoms with E-state index < -0.39 is 16.5 Å². The molecule has 0 bridgehead atoms. The molecule has 0 rings (SSSR count). The van der Waals surface area contributed by atoms with Crippen LogP contribution in [0.4, 0.5) is 0 Å². The monoisotopic (exact) mass is 302 g/mol. The molecule has 0 spiro atoms. The van der Waals surface area contributed by atoms with Crippen molar-refractivity contribution in [3.05, 3.63) is 13.2 Å². The first kappa shape index (κ1) is 30.6. The predicted molar refractivity (Wildman–Crippen MR) is 63.2 cm³/mol. The molecule has 0 aromatic carbocycles. The van der Waals surface area contributed by atoms with Crippen LogP contribution in [0.2, 0.25) is 0 Å². The van der Waals surface area contributed by atoms with Gasteiger partial charge in [-0.15, -0.1) is 32.0 Å². The average molecular weight is 302 g/mol. The average Bonchev–Trinajstić information content (AvgIpc) is 2.13. The van der Waals surface area contributed by atoms with Crippen LogP contribution in [-0.2, 0) is 18.2 Å². The zero-order chi connectivity index (χ0) is 11.4. The standard InChI is InChI=1S/C4H8O6P2.C2H4.2H3N.Na.H/c5-11(6)9-3-1-2-4-10-12(7)8;1-2;;;;/h1-4H2;1-2H2;2*1H3;;/q;;;;+1;-1/p+2. The van der Waals surface area contributed by atoms with E-state index in [1.807, 2.05) is 0 Å². The first-order valence-corrected chi connectivity index (χ1v) is 5.97. The molecule has 0 aromatic heterocycles. The molecule has 2 unspecified atom stereocenters. The van der Waals surface area contributed by atoms with Gasteiger partial charge < -0.3 is 13.7 Å². The van der Waals surface area contributed by atoms with E-state index >= 15 is 0 Å². The molecule has 8 N–H and O–H groups in total. The van der Waals surface area contributed by atoms with Crippen LogP contribution in [0.3, 0.4) is 0 Å². The predicted octanol–water partition coefficient (Wildman–Crippen LogP) is -0.658. The van der Waals surface area contributed by atoms with Crippen LogP contribution in [0.1, 0.15) is 14.3 Å². The summed E-state index contributed by atoms with van der Waals surface area (Å²) < 4.78 is 28.5. The molecule has 0 heterocycles. The normalized spacial score (nSPS) is 9.29. The Balaban J connectivity index is -0.0000000569. The second-order valence-corrected chi connectivity index (χ2v) is 3.32. The summed E-state index contributed by atoms with van der Waals surface area (Å²) >= 11 is 0. The molecule has 0 aliphatic heterocycles. The molecule has 100 valence electrons. The van der Waals surface area contributed by atoms with E-state index in [9.17, 15) is 9.13 Å². The van der Waals surface area contributed by atoms with Crippen LogP contribution in [-0.4, -0.2) is 23.0 Å². The third kappa shape index (κ3) is 38.4. The van der Waals surface area contributed by atoms with Gasteiger partial charge in [0.05, 0.1) is 0 Å². The van der Waals surface area contributed by atoms with Crippen molar-refractivity contribution in [3.63, 3.8) is 0 Å². The minimum atomic E-state index is -2.53. The largest absolute Gasteiger partial charge is 1.00 e. The van der Waals surface area contributed by atoms with Crippen molar-refractivity contribution in [3.8, 4) is 0 Å². The Labute approximate surface area is 127 Å². The number of unbranched alkanes of at least 4 members (excludes halogenated alkanes) is 1. The summed E-state index contributed by atoms with van der Waals surface area (Å²) in [6.07, 6.45) is 1.04. The molecule has 0 amide bonds. The second-order valence-electron chi connectivity index (χ2n) is 1.85. The van der Waals surface area contributed by atoms with Crippen LogP contribution < -0.4 is 41.9 Å². The number of hydrogen-bond donors (Lipinski definition) is 4. The molecule has 2 atom stereocenters. The minimum Gasteiger partial charge on any atom is -1.00 e. The molecule has 0 radical (unpaired) electrons. The third-order valence-electron chi connectivity index (χ3n) is 0.942. The Morgan fingerprint density at radius 2 is 1.18 bits per heavy atom. The number of hydrogen-bond acceptors (Lipinski definition) is 6. The van der Waals surface area contributed by atoms with Crippen LogP contribution in [0.25, 0.3) is 0 Å². The molecule has 17 heavy (non-hydrogen) atoms. The molecule has 0 saturated carbocycles. The summed E-state index contributed by atoms with van der Waals surface area (Å²) in [6, 6.07) is 0. The summed E-state index contributed by atoms with van der Waals surface area (Å²) in [4.78, 5) is 16.3. The van der Waals surface area contributed by atoms with Gasteiger partial charge in [-0.05, 0) is 12.8 Å². The van der Waals surface area contributed by atoms with E-state index in [4.69, 9.17) is 9.79 Å². The van der Waals surface area contributed by atoms with Gasteiger partial charge in [0, 0.05) is 9.13 Å². The van der Waals surface area contributed by atoms with Crippen molar-refractivity contribution in [2.24, 2.45) is 0 Å². The van der Waals surface area contributed by atoms with E-state index in [1.165, 1.54) is 0 Å². The fourth-order valence-electron chi connectivity index (χ4n) is 0.489. The van der Waals surface area contributed by atoms with Gasteiger partial charge in [-0.3, -0.25) is 0 Å². The Morgan fingerprint density at radius 3 is 1.35 bits per heavy atom. The first-order chi connectivity index (χ1) is 6.63. The van der Waals surface area contributed by atoms with E-state index in [0.717, 1.165) is 0 Å².